The molecule has 0 aliphatic carbocycles. The van der Waals surface area contributed by atoms with Crippen molar-refractivity contribution in [3.05, 3.63) is 0 Å². The zero-order chi connectivity index (χ0) is 4.00. The Morgan fingerprint density at radius 2 is 0.750 bits per heavy atom. The molecule has 0 rings (SSSR count). The van der Waals surface area contributed by atoms with Crippen LogP contribution in [-0.4, -0.2) is 0 Å². The molecule has 0 aliphatic heterocycles. The van der Waals surface area contributed by atoms with Gasteiger partial charge in [-0.3, -0.25) is 0 Å². The maximum absolute atomic E-state index is 6.50. The average Bonchev–Trinajstić information content (AvgIpc) is 1.50. The highest BCUT2D eigenvalue weighted by Crippen LogP contribution is 0.588. The van der Waals surface area contributed by atoms with Gasteiger partial charge in [-0.2, -0.15) is 0 Å². The first-order valence-electron chi connectivity index (χ1n) is 0.516. The van der Waals surface area contributed by atoms with E-state index in [-0.39, 0.29) is 0 Å². The minimum Gasteiger partial charge on any atom is -0.202 e. The summed E-state index contributed by atoms with van der Waals surface area (Å²) >= 11 is 0. The Hall–Kier alpha value is -1.02. The summed E-state index contributed by atoms with van der Waals surface area (Å²) in [5.74, 6) is 0. The van der Waals surface area contributed by atoms with Crippen LogP contribution < -0.4 is 0 Å². The van der Waals surface area contributed by atoms with Gasteiger partial charge < -0.3 is 0 Å². The number of rotatable bonds is 0. The zero-order valence-electron chi connectivity index (χ0n) is 2.05. The van der Waals surface area contributed by atoms with Gasteiger partial charge in [-0.25, -0.2) is 10.5 Å². The molecule has 0 unspecified atom stereocenters. The van der Waals surface area contributed by atoms with Crippen molar-refractivity contribution < 1.29 is 0 Å². The van der Waals surface area contributed by atoms with Crippen LogP contribution in [0.1, 0.15) is 0 Å². The lowest BCUT2D eigenvalue weighted by atomic mass is 11.9. The summed E-state index contributed by atoms with van der Waals surface area (Å²) in [5, 5.41) is 13.0. The first-order chi connectivity index (χ1) is 2.00. The van der Waals surface area contributed by atoms with Crippen LogP contribution in [0.3, 0.4) is 0 Å². The van der Waals surface area contributed by atoms with Gasteiger partial charge in [0.05, 0.1) is 0 Å². The highest BCUT2D eigenvalue weighted by Gasteiger charge is 0.515. The van der Waals surface area contributed by atoms with Gasteiger partial charge in [-0.05, 0) is 0 Å². The van der Waals surface area contributed by atoms with E-state index in [0.717, 1.165) is 0 Å². The number of nitriles is 2. The standard InChI is InChI=1S/2CHN/c2*1-2/h2*1H. The van der Waals surface area contributed by atoms with Crippen molar-refractivity contribution in [2.45, 2.75) is 0 Å². The second-order valence-corrected chi connectivity index (χ2v) is 0. The van der Waals surface area contributed by atoms with Crippen LogP contribution in [0.15, 0.2) is 0 Å². The fourth-order valence-corrected chi connectivity index (χ4v) is 0. The lowest BCUT2D eigenvalue weighted by molar-refractivity contribution is 1.58. The Kier molecular flexibility index (Phi) is 5.56. The summed E-state index contributed by atoms with van der Waals surface area (Å²) in [6.45, 7) is 7.00. The Balaban J connectivity index is 0. The van der Waals surface area contributed by atoms with Gasteiger partial charge in [0.1, 0.15) is 0 Å². The molecular weight excluding hydrogens is 52.0 g/mol. The Labute approximate surface area is 24.9 Å². The Morgan fingerprint density at radius 3 is 0.750 bits per heavy atom. The SMILES string of the molecule is C#N.C#N. The van der Waals surface area contributed by atoms with E-state index in [1.807, 2.05) is 0 Å². The van der Waals surface area contributed by atoms with Gasteiger partial charge in [-0.1, -0.05) is 0 Å². The highest BCUT2D eigenvalue weighted by atomic mass is 14.2. The van der Waals surface area contributed by atoms with E-state index in [2.05, 4.69) is 13.1 Å². The normalized spacial score (nSPS) is 1.00. The van der Waals surface area contributed by atoms with Crippen LogP contribution in [0.25, 0.3) is 0 Å². The molecule has 0 heterocycles. The van der Waals surface area contributed by atoms with E-state index in [4.69, 9.17) is 10.5 Å². The van der Waals surface area contributed by atoms with E-state index in [1.165, 1.54) is 0 Å². The van der Waals surface area contributed by atoms with Gasteiger partial charge in [-0.15, -0.1) is 0 Å². The van der Waals surface area contributed by atoms with E-state index in [9.17, 15) is 0 Å². The van der Waals surface area contributed by atoms with Crippen LogP contribution in [0, 0.1) is 23.7 Å². The minimum absolute atomic E-state index is 3.50. The lowest BCUT2D eigenvalue weighted by Gasteiger charge is -0.668. The fraction of sp³-hybridized carbons (Fsp3) is 0. The molecule has 0 radical (unpaired) electrons. The van der Waals surface area contributed by atoms with Crippen LogP contribution in [0.4, 0.5) is 0 Å². The van der Waals surface area contributed by atoms with Gasteiger partial charge in [0.15, 0.2) is 0 Å². The topological polar surface area (TPSA) is 47.6 Å². The van der Waals surface area contributed by atoms with Gasteiger partial charge >= 0.3 is 0 Å². The van der Waals surface area contributed by atoms with E-state index in [1.54, 1.807) is 0 Å². The van der Waals surface area contributed by atoms with Gasteiger partial charge in [0.2, 0.25) is 0 Å². The fourth-order valence-electron chi connectivity index (χ4n) is 0. The molecule has 0 N–H and O–H groups in total. The predicted octanol–water partition coefficient (Wildman–Crippen LogP) is 0.280. The van der Waals surface area contributed by atoms with E-state index in [0.29, 0.717) is 0 Å². The smallest absolute Gasteiger partial charge is 0.0462 e. The summed E-state index contributed by atoms with van der Waals surface area (Å²) in [5.41, 5.74) is 0. The van der Waals surface area contributed by atoms with Crippen molar-refractivity contribution in [1.82, 2.24) is 0 Å². The molecule has 2 nitrogen and oxygen atoms in total. The Bertz CT molecular complexity index is 19.5. The van der Waals surface area contributed by atoms with Crippen molar-refractivity contribution in [1.29, 1.82) is 10.5 Å². The van der Waals surface area contributed by atoms with Crippen molar-refractivity contribution in [3.8, 4) is 13.1 Å². The maximum atomic E-state index is 6.50. The van der Waals surface area contributed by atoms with Crippen LogP contribution in [0.5, 0.6) is 0 Å². The van der Waals surface area contributed by atoms with Gasteiger partial charge in [0.25, 0.3) is 0 Å². The molecule has 0 aromatic carbocycles. The molecule has 0 bridgehead atoms. The van der Waals surface area contributed by atoms with E-state index < -0.39 is 0 Å². The number of hydrogen-bond acceptors (Lipinski definition) is 2. The predicted molar refractivity (Wildman–Crippen MR) is 13.3 cm³/mol. The van der Waals surface area contributed by atoms with Crippen molar-refractivity contribution in [2.24, 2.45) is 0 Å². The molecule has 0 saturated carbocycles. The quantitative estimate of drug-likeness (QED) is 0.398. The number of nitrogens with zero attached hydrogens (tertiary/aromatic N) is 2. The van der Waals surface area contributed by atoms with Crippen molar-refractivity contribution >= 4 is 0 Å². The van der Waals surface area contributed by atoms with Crippen molar-refractivity contribution in [2.75, 3.05) is 0 Å². The summed E-state index contributed by atoms with van der Waals surface area (Å²) in [4.78, 5) is 0. The molecule has 20 valence electrons. The molecule has 0 aromatic heterocycles. The van der Waals surface area contributed by atoms with Gasteiger partial charge in [0, 0.05) is 13.1 Å². The molecule has 0 aliphatic rings. The third-order valence-electron chi connectivity index (χ3n) is 0. The van der Waals surface area contributed by atoms with Crippen LogP contribution >= 0.6 is 0 Å². The second kappa shape index (κ2) is 1.83. The summed E-state index contributed by atoms with van der Waals surface area (Å²) in [6.07, 6.45) is 0. The second-order valence-electron chi connectivity index (χ2n) is 0. The zero-order valence-corrected chi connectivity index (χ0v) is 2.05. The monoisotopic (exact) mass is 54.0 g/mol. The molecule has 2 heteroatoms. The largest absolute Gasteiger partial charge is 0.202 e. The molecular formula is C2H2N2. The molecule has 0 fully saturated rings. The molecule has 0 amide bonds. The van der Waals surface area contributed by atoms with Crippen LogP contribution in [-0.2, 0) is 0 Å². The average molecular weight is 54.1 g/mol. The van der Waals surface area contributed by atoms with Crippen LogP contribution in [0.2, 0.25) is 0 Å². The molecule has 0 saturated heterocycles. The summed E-state index contributed by atoms with van der Waals surface area (Å²) in [7, 11) is 0. The number of hydrogen-bond donors (Lipinski definition) is 0. The molecule has 0 aromatic rings. The molecule has 4 heavy (non-hydrogen) atoms. The minimum atomic E-state index is 3.50. The highest BCUT2D eigenvalue weighted by molar-refractivity contribution is 4.03. The first kappa shape index (κ1) is 12.2. The third kappa shape index (κ3) is 0.000377. The first-order valence-corrected chi connectivity index (χ1v) is 0.516. The third-order valence-corrected chi connectivity index (χ3v) is 0. The summed E-state index contributed by atoms with van der Waals surface area (Å²) < 4.78 is 0. The molecule has 0 spiro atoms. The van der Waals surface area contributed by atoms with E-state index >= 15 is 0 Å². The van der Waals surface area contributed by atoms with Crippen molar-refractivity contribution in [3.63, 3.8) is 0 Å². The summed E-state index contributed by atoms with van der Waals surface area (Å²) in [6, 6.07) is 0. The Morgan fingerprint density at radius 1 is 0.750 bits per heavy atom. The molecule has 0 atom stereocenters. The maximum Gasteiger partial charge on any atom is 0.0462 e. The lowest BCUT2D eigenvalue weighted by Crippen LogP contribution is -0.569.